The fourth-order valence-corrected chi connectivity index (χ4v) is 28.1. The molecular weight excluding hydrogens is 1870 g/mol. The first-order chi connectivity index (χ1) is 67.3. The van der Waals surface area contributed by atoms with Gasteiger partial charge in [-0.3, -0.25) is 47.9 Å². The molecule has 18 bridgehead atoms. The molecule has 20 rings (SSSR count). The molecule has 31 heteroatoms. The van der Waals surface area contributed by atoms with E-state index in [1.54, 1.807) is 28.4 Å². The maximum Gasteiger partial charge on any atom is 0.508 e. The van der Waals surface area contributed by atoms with E-state index in [0.717, 1.165) is 128 Å². The fourth-order valence-electron chi connectivity index (χ4n) is 28.1. The molecule has 828 valence electrons. The number of esters is 10. The Bertz CT molecular complexity index is 4230. The Balaban J connectivity index is 0.000000168. The van der Waals surface area contributed by atoms with Crippen molar-refractivity contribution in [3.8, 4) is 0 Å². The van der Waals surface area contributed by atoms with Crippen molar-refractivity contribution in [2.45, 2.75) is 492 Å². The first-order valence-electron chi connectivity index (χ1n) is 54.9. The molecule has 2 heterocycles. The summed E-state index contributed by atoms with van der Waals surface area (Å²) in [5.74, 6) is 0.348. The van der Waals surface area contributed by atoms with E-state index < -0.39 is 120 Å². The molecule has 2 saturated heterocycles. The third-order valence-corrected chi connectivity index (χ3v) is 36.2. The number of cyclic esters (lactones) is 2. The molecule has 0 aromatic heterocycles. The van der Waals surface area contributed by atoms with E-state index in [-0.39, 0.29) is 139 Å². The molecule has 19 unspecified atom stereocenters. The van der Waals surface area contributed by atoms with E-state index in [1.807, 2.05) is 125 Å². The van der Waals surface area contributed by atoms with Crippen LogP contribution in [0.2, 0.25) is 0 Å². The molecule has 145 heavy (non-hydrogen) atoms. The number of fused-ring (bicyclic) bond motifs is 1. The lowest BCUT2D eigenvalue weighted by Crippen LogP contribution is -2.69. The molecule has 0 radical (unpaired) electrons. The Kier molecular flexibility index (Phi) is 37.0. The molecule has 18 aliphatic carbocycles. The molecule has 0 N–H and O–H groups in total. The zero-order valence-electron chi connectivity index (χ0n) is 94.6. The molecule has 2 aliphatic heterocycles. The van der Waals surface area contributed by atoms with Crippen molar-refractivity contribution in [1.29, 1.82) is 0 Å². The molecule has 0 aromatic rings. The van der Waals surface area contributed by atoms with Crippen LogP contribution in [0.15, 0.2) is 0 Å². The minimum atomic E-state index is -0.703. The van der Waals surface area contributed by atoms with E-state index in [0.29, 0.717) is 93.3 Å². The van der Waals surface area contributed by atoms with Crippen LogP contribution in [0.4, 0.5) is 4.79 Å². The average Bonchev–Trinajstić information content (AvgIpc) is 1.15. The number of carbonyl (C=O) groups is 11. The molecule has 20 aliphatic rings. The highest BCUT2D eigenvalue weighted by atomic mass is 16.8. The monoisotopic (exact) mass is 2050 g/mol. The van der Waals surface area contributed by atoms with Crippen LogP contribution in [0.3, 0.4) is 0 Å². The van der Waals surface area contributed by atoms with Gasteiger partial charge in [0.25, 0.3) is 0 Å². The third kappa shape index (κ3) is 26.8. The van der Waals surface area contributed by atoms with Crippen molar-refractivity contribution >= 4 is 65.8 Å². The lowest BCUT2D eigenvalue weighted by Gasteiger charge is -2.65. The molecule has 20 fully saturated rings. The predicted molar refractivity (Wildman–Crippen MR) is 536 cm³/mol. The summed E-state index contributed by atoms with van der Waals surface area (Å²) in [6.07, 6.45) is 23.1. The van der Waals surface area contributed by atoms with Crippen molar-refractivity contribution in [2.75, 3.05) is 48.8 Å². The van der Waals surface area contributed by atoms with Gasteiger partial charge in [0.2, 0.25) is 0 Å². The zero-order valence-corrected chi connectivity index (χ0v) is 94.6. The van der Waals surface area contributed by atoms with Gasteiger partial charge in [-0.15, -0.1) is 0 Å². The van der Waals surface area contributed by atoms with Crippen molar-refractivity contribution < 1.29 is 147 Å². The summed E-state index contributed by atoms with van der Waals surface area (Å²) in [6.45, 7) is 54.9. The van der Waals surface area contributed by atoms with Crippen molar-refractivity contribution in [3.05, 3.63) is 0 Å². The smallest absolute Gasteiger partial charge is 0.469 e. The Morgan fingerprint density at radius 2 is 0.607 bits per heavy atom. The van der Waals surface area contributed by atoms with Gasteiger partial charge in [-0.25, -0.2) is 4.79 Å². The second kappa shape index (κ2) is 45.1. The second-order valence-corrected chi connectivity index (χ2v) is 52.6. The lowest BCUT2D eigenvalue weighted by molar-refractivity contribution is -0.344. The van der Waals surface area contributed by atoms with Crippen LogP contribution in [-0.2, 0) is 143 Å². The average molecular weight is 2050 g/mol. The van der Waals surface area contributed by atoms with Crippen molar-refractivity contribution in [2.24, 2.45) is 115 Å². The third-order valence-electron chi connectivity index (χ3n) is 36.2. The van der Waals surface area contributed by atoms with Gasteiger partial charge in [0, 0.05) is 129 Å². The van der Waals surface area contributed by atoms with Gasteiger partial charge in [-0.1, -0.05) is 96.9 Å². The normalized spacial score (nSPS) is 36.0. The summed E-state index contributed by atoms with van der Waals surface area (Å²) in [7, 11) is 8.13. The molecule has 0 spiro atoms. The van der Waals surface area contributed by atoms with Gasteiger partial charge in [0.15, 0.2) is 31.3 Å². The maximum absolute atomic E-state index is 13.2. The standard InChI is InChI=1S/2C26H46O6.2C18H28O4.C16H22O6.C10H16O5/c2*1-10-23(6,7)22(27)32-26-13-19-11-24(15-26,30-20(28-8)17(2)3)14-25(12-19,16-26)31-21(29-9)18(4)5;2*1-5-16(3,4)15(20)22-18-9-13-6-14(10-18)8-17(7-13,11-18)21-12(2)19;1-5-16(2,3)15(19)22-12-7-6-8-10(9(7)13(17)20-4)14(18)21-11(8)12;1-4-10(2,3)8(11)13-5-7-6-14-9(12)15-7/h2*17-21H,10-16H2,1-9H3;2*13-14H,5-11H2,1-4H3;7-12H,5-6H2,1-4H3;7H,4-6H2,1-3H3. The highest BCUT2D eigenvalue weighted by Gasteiger charge is 2.73. The van der Waals surface area contributed by atoms with Gasteiger partial charge >= 0.3 is 65.8 Å². The Labute approximate surface area is 865 Å². The minimum Gasteiger partial charge on any atom is -0.469 e. The molecule has 31 nitrogen and oxygen atoms in total. The second-order valence-electron chi connectivity index (χ2n) is 52.6. The SMILES string of the molecule is CCC(C)(C)C(=O)OC12CC3CC(CC(OC(C)=O)(C3)C1)C2.CCC(C)(C)C(=O)OC12CC3CC(CC(OC(C)=O)(C3)C1)C2.CCC(C)(C)C(=O)OC12CC3CC(OC(OC)C(C)C)(C1)CC(OC(OC)C(C)C)(C3)C2.CCC(C)(C)C(=O)OC12CC3CC(OC(OC)C(C)C)(C1)CC(OC(OC)C(C)C)(C3)C2.CCC(C)(C)C(=O)OC1C2CC3C1OC(=O)C3C2C(=O)OC.CCC(C)(C)C(=O)OCC1COC(=O)O1. The van der Waals surface area contributed by atoms with Gasteiger partial charge < -0.3 is 94.7 Å². The molecule has 18 saturated carbocycles. The Morgan fingerprint density at radius 1 is 0.338 bits per heavy atom. The summed E-state index contributed by atoms with van der Waals surface area (Å²) >= 11 is 0. The minimum absolute atomic E-state index is 0.0378. The quantitative estimate of drug-likeness (QED) is 0.0315. The zero-order chi connectivity index (χ0) is 108. The summed E-state index contributed by atoms with van der Waals surface area (Å²) in [4.78, 5) is 133. The van der Waals surface area contributed by atoms with Crippen LogP contribution in [0.5, 0.6) is 0 Å². The topological polar surface area (TPSA) is 372 Å². The van der Waals surface area contributed by atoms with Crippen LogP contribution >= 0.6 is 0 Å². The Hall–Kier alpha value is -6.35. The highest BCUT2D eigenvalue weighted by molar-refractivity contribution is 5.87. The fraction of sp³-hybridized carbons (Fsp3) is 0.904. The summed E-state index contributed by atoms with van der Waals surface area (Å²) in [5, 5.41) is 0. The number of carbonyl (C=O) groups excluding carboxylic acids is 11. The lowest BCUT2D eigenvalue weighted by atomic mass is 9.50. The van der Waals surface area contributed by atoms with Gasteiger partial charge in [-0.05, 0) is 266 Å². The molecule has 0 amide bonds. The number of hydrogen-bond donors (Lipinski definition) is 0. The van der Waals surface area contributed by atoms with E-state index >= 15 is 0 Å². The van der Waals surface area contributed by atoms with Gasteiger partial charge in [0.05, 0.1) is 73.8 Å². The van der Waals surface area contributed by atoms with Crippen LogP contribution in [-0.4, -0.2) is 214 Å². The van der Waals surface area contributed by atoms with E-state index in [4.69, 9.17) is 90.0 Å². The first kappa shape index (κ1) is 119. The largest absolute Gasteiger partial charge is 0.508 e. The molecule has 0 aromatic carbocycles. The summed E-state index contributed by atoms with van der Waals surface area (Å²) in [6, 6.07) is 0. The number of hydrogen-bond acceptors (Lipinski definition) is 31. The van der Waals surface area contributed by atoms with E-state index in [2.05, 4.69) is 60.1 Å². The van der Waals surface area contributed by atoms with Crippen molar-refractivity contribution in [3.63, 3.8) is 0 Å². The van der Waals surface area contributed by atoms with Crippen LogP contribution in [0.1, 0.15) is 393 Å². The van der Waals surface area contributed by atoms with Gasteiger partial charge in [-0.2, -0.15) is 0 Å². The Morgan fingerprint density at radius 3 is 0.883 bits per heavy atom. The van der Waals surface area contributed by atoms with Crippen LogP contribution < -0.4 is 0 Å². The van der Waals surface area contributed by atoms with Crippen LogP contribution in [0.25, 0.3) is 0 Å². The molecule has 19 atom stereocenters. The van der Waals surface area contributed by atoms with Crippen molar-refractivity contribution in [1.82, 2.24) is 0 Å². The highest BCUT2D eigenvalue weighted by Crippen LogP contribution is 2.69. The number of ether oxygens (including phenoxy) is 20. The summed E-state index contributed by atoms with van der Waals surface area (Å²) < 4.78 is 117. The molecular formula is C114H186O31. The number of rotatable bonds is 38. The van der Waals surface area contributed by atoms with Crippen LogP contribution in [0, 0.1) is 115 Å². The summed E-state index contributed by atoms with van der Waals surface area (Å²) in [5.41, 5.74) is -7.37. The number of methoxy groups -OCH3 is 5. The first-order valence-corrected chi connectivity index (χ1v) is 54.9. The van der Waals surface area contributed by atoms with E-state index in [1.165, 1.54) is 33.8 Å². The van der Waals surface area contributed by atoms with Gasteiger partial charge in [0.1, 0.15) is 59.0 Å². The maximum atomic E-state index is 13.2. The van der Waals surface area contributed by atoms with E-state index in [9.17, 15) is 52.7 Å². The predicted octanol–water partition coefficient (Wildman–Crippen LogP) is 21.0.